The van der Waals surface area contributed by atoms with E-state index in [1.165, 1.54) is 36.5 Å². The van der Waals surface area contributed by atoms with Crippen LogP contribution in [-0.4, -0.2) is 37.3 Å². The van der Waals surface area contributed by atoms with Crippen LogP contribution in [0, 0.1) is 22.6 Å². The Hall–Kier alpha value is -3.88. The van der Waals surface area contributed by atoms with Gasteiger partial charge in [0.1, 0.15) is 11.9 Å². The monoisotopic (exact) mass is 550 g/mol. The van der Waals surface area contributed by atoms with Crippen LogP contribution in [-0.2, 0) is 9.84 Å². The first-order valence-corrected chi connectivity index (χ1v) is 14.5. The first-order valence-electron chi connectivity index (χ1n) is 13.2. The Balaban J connectivity index is 1.68. The zero-order chi connectivity index (χ0) is 28.9. The fraction of sp³-hybridized carbons (Fsp3) is 0.357. The van der Waals surface area contributed by atoms with E-state index in [4.69, 9.17) is 0 Å². The van der Waals surface area contributed by atoms with Gasteiger partial charge in [-0.25, -0.2) is 12.8 Å². The van der Waals surface area contributed by atoms with Crippen LogP contribution in [0.5, 0.6) is 0 Å². The lowest BCUT2D eigenvalue weighted by atomic mass is 9.96. The van der Waals surface area contributed by atoms with Crippen molar-refractivity contribution in [2.45, 2.75) is 50.6 Å². The molecule has 1 atom stereocenters. The van der Waals surface area contributed by atoms with Crippen molar-refractivity contribution in [2.24, 2.45) is 5.41 Å². The average molecular weight is 551 g/mol. The quantitative estimate of drug-likeness (QED) is 0.319. The largest absolute Gasteiger partial charge is 0.383 e. The number of hydrogen-bond acceptors (Lipinski definition) is 9. The topological polar surface area (TPSA) is 122 Å². The van der Waals surface area contributed by atoms with Crippen LogP contribution in [0.1, 0.15) is 52.1 Å². The van der Waals surface area contributed by atoms with Crippen LogP contribution in [0.3, 0.4) is 0 Å². The third kappa shape index (κ3) is 5.92. The Morgan fingerprint density at radius 3 is 2.62 bits per heavy atom. The van der Waals surface area contributed by atoms with Gasteiger partial charge >= 0.3 is 0 Å². The molecule has 0 radical (unpaired) electrons. The van der Waals surface area contributed by atoms with Crippen LogP contribution in [0.25, 0.3) is 10.9 Å². The highest BCUT2D eigenvalue weighted by molar-refractivity contribution is 7.91. The summed E-state index contributed by atoms with van der Waals surface area (Å²) in [5.74, 6) is -0.438. The second-order valence-corrected chi connectivity index (χ2v) is 13.1. The minimum absolute atomic E-state index is 0.0386. The number of sulfone groups is 1. The molecule has 0 saturated heterocycles. The normalized spacial score (nSPS) is 17.6. The summed E-state index contributed by atoms with van der Waals surface area (Å²) in [4.78, 5) is 4.31. The number of nitriles is 1. The third-order valence-electron chi connectivity index (χ3n) is 6.45. The van der Waals surface area contributed by atoms with E-state index >= 15 is 0 Å². The zero-order valence-corrected chi connectivity index (χ0v) is 23.1. The van der Waals surface area contributed by atoms with Gasteiger partial charge in [0.15, 0.2) is 9.84 Å². The Labute approximate surface area is 229 Å². The molecule has 1 fully saturated rings. The van der Waals surface area contributed by atoms with E-state index in [-0.39, 0.29) is 21.4 Å². The highest BCUT2D eigenvalue weighted by Crippen LogP contribution is 2.37. The van der Waals surface area contributed by atoms with Gasteiger partial charge in [0.25, 0.3) is 0 Å². The third-order valence-corrected chi connectivity index (χ3v) is 7.56. The number of aromatic nitrogens is 1. The summed E-state index contributed by atoms with van der Waals surface area (Å²) in [5, 5.41) is 18.7. The van der Waals surface area contributed by atoms with Gasteiger partial charge in [0.2, 0.25) is 0 Å². The van der Waals surface area contributed by atoms with Crippen LogP contribution in [0.15, 0.2) is 59.4 Å². The summed E-state index contributed by atoms with van der Waals surface area (Å²) in [6, 6.07) is 9.52. The van der Waals surface area contributed by atoms with E-state index in [0.717, 1.165) is 19.1 Å². The number of pyridine rings is 1. The Morgan fingerprint density at radius 1 is 1.28 bits per heavy atom. The van der Waals surface area contributed by atoms with Crippen molar-refractivity contribution in [1.29, 1.82) is 5.26 Å². The smallest absolute Gasteiger partial charge is 0.177 e. The first kappa shape index (κ1) is 25.4. The number of nitrogens with zero attached hydrogens (tertiary/aromatic N) is 3. The van der Waals surface area contributed by atoms with Gasteiger partial charge in [-0.15, -0.1) is 5.53 Å². The fourth-order valence-corrected chi connectivity index (χ4v) is 5.17. The number of nitrogens with one attached hydrogen (secondary N) is 4. The zero-order valence-electron chi connectivity index (χ0n) is 23.3. The summed E-state index contributed by atoms with van der Waals surface area (Å²) in [6.45, 7) is 6.65. The predicted octanol–water partition coefficient (Wildman–Crippen LogP) is 4.59. The van der Waals surface area contributed by atoms with Gasteiger partial charge in [-0.3, -0.25) is 9.99 Å². The molecule has 39 heavy (non-hydrogen) atoms. The number of fused-ring (bicyclic) bond motifs is 1. The van der Waals surface area contributed by atoms with Gasteiger partial charge in [0.05, 0.1) is 34.7 Å². The summed E-state index contributed by atoms with van der Waals surface area (Å²) in [5.41, 5.74) is 8.15. The van der Waals surface area contributed by atoms with E-state index in [1.807, 2.05) is 25.8 Å². The maximum Gasteiger partial charge on any atom is 0.177 e. The maximum atomic E-state index is 13.8. The molecule has 0 spiro atoms. The molecule has 2 aliphatic rings. The molecular formula is C28H32FN7O2S. The lowest BCUT2D eigenvalue weighted by molar-refractivity contribution is 0.260. The van der Waals surface area contributed by atoms with Gasteiger partial charge in [0, 0.05) is 42.3 Å². The molecule has 9 nitrogen and oxygen atoms in total. The number of anilines is 2. The molecule has 1 saturated carbocycles. The van der Waals surface area contributed by atoms with Crippen molar-refractivity contribution in [3.05, 3.63) is 71.4 Å². The average Bonchev–Trinajstić information content (AvgIpc) is 3.61. The number of benzene rings is 2. The molecule has 1 aromatic heterocycles. The standard InChI is InChI=1S/C28H32FN7O2S/c1-28(2,3)16-32-25-18(13-30)14-31-27-22(25)11-20(12-24(27)39(4,37)38)33-26(17-5-7-19(29)8-6-17)23-15-36(35-34-23)21-9-10-21/h5-8,11-12,14-15,21,26,33-35H,9-10,16H2,1-4H3,(H,31,32)/t26-/m0/s1/i26D. The van der Waals surface area contributed by atoms with Crippen LogP contribution < -0.4 is 21.6 Å². The maximum absolute atomic E-state index is 13.8. The van der Waals surface area contributed by atoms with E-state index in [2.05, 4.69) is 32.6 Å². The van der Waals surface area contributed by atoms with Crippen LogP contribution in [0.4, 0.5) is 15.8 Å². The molecule has 2 aromatic carbocycles. The molecule has 1 aliphatic heterocycles. The molecule has 204 valence electrons. The summed E-state index contributed by atoms with van der Waals surface area (Å²) >= 11 is 0. The lowest BCUT2D eigenvalue weighted by Crippen LogP contribution is -2.38. The second-order valence-electron chi connectivity index (χ2n) is 11.1. The van der Waals surface area contributed by atoms with E-state index in [9.17, 15) is 19.4 Å². The van der Waals surface area contributed by atoms with Crippen molar-refractivity contribution < 1.29 is 14.2 Å². The fourth-order valence-electron chi connectivity index (χ4n) is 4.31. The second kappa shape index (κ2) is 10.0. The Bertz CT molecular complexity index is 1640. The molecule has 0 unspecified atom stereocenters. The molecule has 0 amide bonds. The van der Waals surface area contributed by atoms with Gasteiger partial charge in [-0.05, 0) is 48.1 Å². The van der Waals surface area contributed by atoms with Crippen molar-refractivity contribution in [2.75, 3.05) is 23.4 Å². The number of halogens is 1. The van der Waals surface area contributed by atoms with Crippen molar-refractivity contribution >= 4 is 32.1 Å². The number of hydrazine groups is 2. The van der Waals surface area contributed by atoms with Crippen LogP contribution >= 0.6 is 0 Å². The Kier molecular flexibility index (Phi) is 6.53. The Morgan fingerprint density at radius 2 is 2.00 bits per heavy atom. The molecular weight excluding hydrogens is 517 g/mol. The van der Waals surface area contributed by atoms with Gasteiger partial charge in [-0.1, -0.05) is 32.9 Å². The lowest BCUT2D eigenvalue weighted by Gasteiger charge is -2.24. The molecule has 5 rings (SSSR count). The minimum Gasteiger partial charge on any atom is -0.383 e. The molecule has 0 bridgehead atoms. The van der Waals surface area contributed by atoms with Crippen molar-refractivity contribution in [3.8, 4) is 6.07 Å². The van der Waals surface area contributed by atoms with E-state index in [0.29, 0.717) is 40.6 Å². The summed E-state index contributed by atoms with van der Waals surface area (Å²) in [7, 11) is -3.76. The number of hydrogen-bond donors (Lipinski definition) is 4. The molecule has 2 heterocycles. The van der Waals surface area contributed by atoms with E-state index in [1.54, 1.807) is 12.3 Å². The minimum atomic E-state index is -3.76. The summed E-state index contributed by atoms with van der Waals surface area (Å²) < 4.78 is 49.3. The number of rotatable bonds is 8. The van der Waals surface area contributed by atoms with Crippen LogP contribution in [0.2, 0.25) is 0 Å². The predicted molar refractivity (Wildman–Crippen MR) is 149 cm³/mol. The van der Waals surface area contributed by atoms with E-state index < -0.39 is 21.7 Å². The molecule has 11 heteroatoms. The van der Waals surface area contributed by atoms with Gasteiger partial charge in [-0.2, -0.15) is 5.26 Å². The summed E-state index contributed by atoms with van der Waals surface area (Å²) in [6.07, 6.45) is 6.31. The SMILES string of the molecule is [2H][C@@](Nc1cc(S(C)(=O)=O)c2ncc(C#N)c(NCC(C)(C)C)c2c1)(C1=CN(C2CC2)NN1)c1ccc(F)cc1. The highest BCUT2D eigenvalue weighted by Gasteiger charge is 2.32. The van der Waals surface area contributed by atoms with Gasteiger partial charge < -0.3 is 16.1 Å². The molecule has 4 N–H and O–H groups in total. The van der Waals surface area contributed by atoms with Crippen molar-refractivity contribution in [1.82, 2.24) is 21.0 Å². The first-order chi connectivity index (χ1) is 18.8. The van der Waals surface area contributed by atoms with Crippen molar-refractivity contribution in [3.63, 3.8) is 0 Å². The highest BCUT2D eigenvalue weighted by atomic mass is 32.2. The molecule has 3 aromatic rings. The molecule has 1 aliphatic carbocycles.